The molecule has 1 N–H and O–H groups in total. The van der Waals surface area contributed by atoms with Crippen molar-refractivity contribution in [1.82, 2.24) is 10.2 Å². The molecule has 4 heteroatoms. The van der Waals surface area contributed by atoms with Gasteiger partial charge < -0.3 is 10.2 Å². The van der Waals surface area contributed by atoms with E-state index in [4.69, 9.17) is 0 Å². The lowest BCUT2D eigenvalue weighted by Gasteiger charge is -2.41. The maximum absolute atomic E-state index is 12.4. The molecule has 2 amide bonds. The molecule has 0 aromatic heterocycles. The van der Waals surface area contributed by atoms with Crippen LogP contribution in [0.3, 0.4) is 0 Å². The molecule has 0 saturated carbocycles. The van der Waals surface area contributed by atoms with Crippen molar-refractivity contribution in [2.45, 2.75) is 32.7 Å². The molecule has 1 aromatic carbocycles. The van der Waals surface area contributed by atoms with Crippen molar-refractivity contribution in [3.05, 3.63) is 35.4 Å². The van der Waals surface area contributed by atoms with Gasteiger partial charge in [-0.25, -0.2) is 0 Å². The highest BCUT2D eigenvalue weighted by Crippen LogP contribution is 2.19. The highest BCUT2D eigenvalue weighted by Gasteiger charge is 2.40. The van der Waals surface area contributed by atoms with Crippen LogP contribution in [0, 0.1) is 6.92 Å². The first kappa shape index (κ1) is 13.6. The van der Waals surface area contributed by atoms with Crippen LogP contribution < -0.4 is 5.32 Å². The van der Waals surface area contributed by atoms with Gasteiger partial charge in [-0.2, -0.15) is 0 Å². The predicted octanol–water partition coefficient (Wildman–Crippen LogP) is 1.27. The van der Waals surface area contributed by atoms with Crippen molar-refractivity contribution in [2.75, 3.05) is 13.1 Å². The Balaban J connectivity index is 2.11. The second kappa shape index (κ2) is 5.03. The normalized spacial score (nSPS) is 18.1. The van der Waals surface area contributed by atoms with Crippen LogP contribution in [0.5, 0.6) is 0 Å². The Morgan fingerprint density at radius 1 is 1.32 bits per heavy atom. The van der Waals surface area contributed by atoms with E-state index < -0.39 is 5.54 Å². The molecule has 1 aliphatic rings. The van der Waals surface area contributed by atoms with Gasteiger partial charge in [0.25, 0.3) is 0 Å². The molecule has 1 aromatic rings. The fraction of sp³-hybridized carbons (Fsp3) is 0.467. The van der Waals surface area contributed by atoms with Gasteiger partial charge in [0, 0.05) is 13.1 Å². The summed E-state index contributed by atoms with van der Waals surface area (Å²) in [4.78, 5) is 25.9. The molecule has 1 fully saturated rings. The summed E-state index contributed by atoms with van der Waals surface area (Å²) >= 11 is 0. The summed E-state index contributed by atoms with van der Waals surface area (Å²) in [5, 5.41) is 2.80. The molecule has 2 rings (SSSR count). The zero-order chi connectivity index (χ0) is 14.0. The van der Waals surface area contributed by atoms with E-state index in [1.54, 1.807) is 18.7 Å². The third kappa shape index (κ3) is 2.78. The van der Waals surface area contributed by atoms with Crippen LogP contribution >= 0.6 is 0 Å². The first-order chi connectivity index (χ1) is 8.91. The van der Waals surface area contributed by atoms with Gasteiger partial charge in [0.05, 0.1) is 6.42 Å². The van der Waals surface area contributed by atoms with Crippen molar-refractivity contribution < 1.29 is 9.59 Å². The molecular weight excluding hydrogens is 240 g/mol. The summed E-state index contributed by atoms with van der Waals surface area (Å²) in [5.74, 6) is -0.0836. The summed E-state index contributed by atoms with van der Waals surface area (Å²) in [5.41, 5.74) is 1.39. The van der Waals surface area contributed by atoms with Crippen LogP contribution in [0.2, 0.25) is 0 Å². The predicted molar refractivity (Wildman–Crippen MR) is 73.7 cm³/mol. The summed E-state index contributed by atoms with van der Waals surface area (Å²) in [7, 11) is 0. The lowest BCUT2D eigenvalue weighted by atomic mass is 9.97. The van der Waals surface area contributed by atoms with E-state index >= 15 is 0 Å². The molecule has 0 atom stereocenters. The maximum Gasteiger partial charge on any atom is 0.245 e. The van der Waals surface area contributed by atoms with Gasteiger partial charge in [-0.15, -0.1) is 0 Å². The molecule has 0 radical (unpaired) electrons. The quantitative estimate of drug-likeness (QED) is 0.870. The highest BCUT2D eigenvalue weighted by atomic mass is 16.2. The minimum absolute atomic E-state index is 0.00343. The topological polar surface area (TPSA) is 49.4 Å². The number of nitrogens with zero attached hydrogens (tertiary/aromatic N) is 1. The van der Waals surface area contributed by atoms with Crippen molar-refractivity contribution in [2.24, 2.45) is 0 Å². The summed E-state index contributed by atoms with van der Waals surface area (Å²) in [6, 6.07) is 7.92. The van der Waals surface area contributed by atoms with Crippen molar-refractivity contribution in [1.29, 1.82) is 0 Å². The Bertz CT molecular complexity index is 491. The van der Waals surface area contributed by atoms with Gasteiger partial charge in [0.2, 0.25) is 11.8 Å². The zero-order valence-electron chi connectivity index (χ0n) is 11.7. The number of amides is 2. The van der Waals surface area contributed by atoms with E-state index in [-0.39, 0.29) is 11.8 Å². The molecule has 0 aliphatic carbocycles. The molecule has 1 aliphatic heterocycles. The van der Waals surface area contributed by atoms with E-state index in [1.165, 1.54) is 5.56 Å². The summed E-state index contributed by atoms with van der Waals surface area (Å²) in [6.07, 6.45) is 0.344. The van der Waals surface area contributed by atoms with Crippen molar-refractivity contribution >= 4 is 11.8 Å². The van der Waals surface area contributed by atoms with E-state index in [9.17, 15) is 9.59 Å². The number of nitrogens with one attached hydrogen (secondary N) is 1. The van der Waals surface area contributed by atoms with Crippen LogP contribution in [0.4, 0.5) is 0 Å². The van der Waals surface area contributed by atoms with Crippen LogP contribution in [0.25, 0.3) is 0 Å². The van der Waals surface area contributed by atoms with Gasteiger partial charge in [0.15, 0.2) is 0 Å². The van der Waals surface area contributed by atoms with Crippen molar-refractivity contribution in [3.63, 3.8) is 0 Å². The average molecular weight is 260 g/mol. The molecule has 102 valence electrons. The van der Waals surface area contributed by atoms with E-state index in [1.807, 2.05) is 31.2 Å². The Hall–Kier alpha value is -1.84. The van der Waals surface area contributed by atoms with Gasteiger partial charge in [-0.05, 0) is 26.3 Å². The van der Waals surface area contributed by atoms with Crippen LogP contribution in [-0.2, 0) is 16.0 Å². The molecular formula is C15H20N2O2. The Morgan fingerprint density at radius 2 is 1.95 bits per heavy atom. The molecule has 0 spiro atoms. The molecule has 19 heavy (non-hydrogen) atoms. The number of carbonyl (C=O) groups is 2. The summed E-state index contributed by atoms with van der Waals surface area (Å²) < 4.78 is 0. The van der Waals surface area contributed by atoms with Crippen LogP contribution in [0.15, 0.2) is 24.3 Å². The van der Waals surface area contributed by atoms with Gasteiger partial charge in [-0.3, -0.25) is 9.59 Å². The van der Waals surface area contributed by atoms with Gasteiger partial charge in [-0.1, -0.05) is 29.8 Å². The lowest BCUT2D eigenvalue weighted by molar-refractivity contribution is -0.148. The highest BCUT2D eigenvalue weighted by molar-refractivity contribution is 5.92. The van der Waals surface area contributed by atoms with Gasteiger partial charge in [0.1, 0.15) is 5.54 Å². The first-order valence-corrected chi connectivity index (χ1v) is 6.55. The van der Waals surface area contributed by atoms with Gasteiger partial charge >= 0.3 is 0 Å². The Kier molecular flexibility index (Phi) is 3.60. The first-order valence-electron chi connectivity index (χ1n) is 6.55. The Labute approximate surface area is 113 Å². The zero-order valence-corrected chi connectivity index (χ0v) is 11.7. The number of aryl methyl sites for hydroxylation is 1. The number of benzene rings is 1. The molecule has 1 heterocycles. The monoisotopic (exact) mass is 260 g/mol. The van der Waals surface area contributed by atoms with Crippen molar-refractivity contribution in [3.8, 4) is 0 Å². The minimum atomic E-state index is -0.764. The molecule has 0 unspecified atom stereocenters. The maximum atomic E-state index is 12.4. The average Bonchev–Trinajstić information content (AvgIpc) is 2.35. The second-order valence-corrected chi connectivity index (χ2v) is 5.52. The van der Waals surface area contributed by atoms with Crippen LogP contribution in [-0.4, -0.2) is 35.3 Å². The third-order valence-electron chi connectivity index (χ3n) is 3.63. The van der Waals surface area contributed by atoms with Crippen LogP contribution in [0.1, 0.15) is 25.0 Å². The fourth-order valence-electron chi connectivity index (χ4n) is 2.31. The third-order valence-corrected chi connectivity index (χ3v) is 3.63. The molecule has 1 saturated heterocycles. The second-order valence-electron chi connectivity index (χ2n) is 5.52. The van der Waals surface area contributed by atoms with E-state index in [2.05, 4.69) is 5.32 Å². The van der Waals surface area contributed by atoms with E-state index in [0.717, 1.165) is 5.56 Å². The number of rotatable bonds is 2. The molecule has 0 bridgehead atoms. The smallest absolute Gasteiger partial charge is 0.245 e. The largest absolute Gasteiger partial charge is 0.352 e. The summed E-state index contributed by atoms with van der Waals surface area (Å²) in [6.45, 7) is 6.69. The molecule has 4 nitrogen and oxygen atoms in total. The standard InChI is InChI=1S/C15H20N2O2/c1-11-4-6-12(7-5-11)10-13(18)17-9-8-16-14(19)15(17,2)3/h4-7H,8-10H2,1-3H3,(H,16,19). The Morgan fingerprint density at radius 3 is 2.58 bits per heavy atom. The lowest BCUT2D eigenvalue weighted by Crippen LogP contribution is -2.63. The number of hydrogen-bond donors (Lipinski definition) is 1. The number of piperazine rings is 1. The number of hydrogen-bond acceptors (Lipinski definition) is 2. The van der Waals surface area contributed by atoms with E-state index in [0.29, 0.717) is 19.5 Å². The fourth-order valence-corrected chi connectivity index (χ4v) is 2.31. The number of carbonyl (C=O) groups excluding carboxylic acids is 2. The SMILES string of the molecule is Cc1ccc(CC(=O)N2CCNC(=O)C2(C)C)cc1. The minimum Gasteiger partial charge on any atom is -0.352 e.